The van der Waals surface area contributed by atoms with Crippen LogP contribution in [0, 0.1) is 17.0 Å². The van der Waals surface area contributed by atoms with Gasteiger partial charge in [0.25, 0.3) is 5.69 Å². The Kier molecular flexibility index (Phi) is 5.14. The van der Waals surface area contributed by atoms with Crippen LogP contribution in [0.5, 0.6) is 5.75 Å². The lowest BCUT2D eigenvalue weighted by Crippen LogP contribution is -2.22. The van der Waals surface area contributed by atoms with Crippen LogP contribution in [0.4, 0.5) is 17.1 Å². The third-order valence-electron chi connectivity index (χ3n) is 3.14. The fourth-order valence-corrected chi connectivity index (χ4v) is 2.04. The summed E-state index contributed by atoms with van der Waals surface area (Å²) in [6.07, 6.45) is 0. The first kappa shape index (κ1) is 16.3. The number of benzene rings is 2. The number of hydrogen-bond donors (Lipinski definition) is 2. The first-order valence-corrected chi connectivity index (χ1v) is 6.92. The maximum Gasteiger partial charge on any atom is 0.271 e. The smallest absolute Gasteiger partial charge is 0.271 e. The number of hydrogen-bond acceptors (Lipinski definition) is 5. The number of anilines is 2. The van der Waals surface area contributed by atoms with E-state index < -0.39 is 4.92 Å². The molecule has 120 valence electrons. The Balaban J connectivity index is 1.99. The molecule has 0 atom stereocenters. The van der Waals surface area contributed by atoms with Gasteiger partial charge in [-0.15, -0.1) is 0 Å². The lowest BCUT2D eigenvalue weighted by molar-refractivity contribution is -0.384. The molecule has 1 amide bonds. The van der Waals surface area contributed by atoms with E-state index in [-0.39, 0.29) is 18.1 Å². The van der Waals surface area contributed by atoms with Gasteiger partial charge in [-0.2, -0.15) is 0 Å². The van der Waals surface area contributed by atoms with Crippen LogP contribution in [0.1, 0.15) is 5.56 Å². The molecule has 0 radical (unpaired) electrons. The van der Waals surface area contributed by atoms with Crippen LogP contribution in [0.15, 0.2) is 42.5 Å². The van der Waals surface area contributed by atoms with E-state index in [1.54, 1.807) is 13.2 Å². The highest BCUT2D eigenvalue weighted by molar-refractivity contribution is 5.94. The number of nitro groups is 1. The second kappa shape index (κ2) is 7.26. The highest BCUT2D eigenvalue weighted by Gasteiger charge is 2.09. The van der Waals surface area contributed by atoms with Gasteiger partial charge in [0.1, 0.15) is 5.75 Å². The van der Waals surface area contributed by atoms with Crippen molar-refractivity contribution in [3.8, 4) is 5.75 Å². The van der Waals surface area contributed by atoms with E-state index in [9.17, 15) is 14.9 Å². The Morgan fingerprint density at radius 2 is 2.04 bits per heavy atom. The number of nitrogens with one attached hydrogen (secondary N) is 2. The second-order valence-electron chi connectivity index (χ2n) is 4.91. The van der Waals surface area contributed by atoms with E-state index in [2.05, 4.69) is 10.6 Å². The van der Waals surface area contributed by atoms with Crippen LogP contribution < -0.4 is 15.4 Å². The predicted octanol–water partition coefficient (Wildman–Crippen LogP) is 2.96. The summed E-state index contributed by atoms with van der Waals surface area (Å²) in [5.41, 5.74) is 2.05. The van der Waals surface area contributed by atoms with Crippen molar-refractivity contribution < 1.29 is 14.5 Å². The van der Waals surface area contributed by atoms with Crippen LogP contribution in [0.25, 0.3) is 0 Å². The summed E-state index contributed by atoms with van der Waals surface area (Å²) in [5.74, 6) is 0.327. The minimum Gasteiger partial charge on any atom is -0.495 e. The molecule has 0 fully saturated rings. The number of ether oxygens (including phenoxy) is 1. The third kappa shape index (κ3) is 4.44. The topological polar surface area (TPSA) is 93.5 Å². The third-order valence-corrected chi connectivity index (χ3v) is 3.14. The molecular formula is C16H17N3O4. The molecule has 7 heteroatoms. The zero-order valence-corrected chi connectivity index (χ0v) is 12.8. The molecule has 0 spiro atoms. The summed E-state index contributed by atoms with van der Waals surface area (Å²) in [4.78, 5) is 22.2. The SMILES string of the molecule is COc1ccc(C)cc1NCC(=O)Nc1cccc([N+](=O)[O-])c1. The summed E-state index contributed by atoms with van der Waals surface area (Å²) >= 11 is 0. The van der Waals surface area contributed by atoms with E-state index in [1.807, 2.05) is 25.1 Å². The van der Waals surface area contributed by atoms with Crippen molar-refractivity contribution >= 4 is 23.0 Å². The summed E-state index contributed by atoms with van der Waals surface area (Å²) in [6.45, 7) is 1.95. The highest BCUT2D eigenvalue weighted by atomic mass is 16.6. The van der Waals surface area contributed by atoms with Gasteiger partial charge in [0.2, 0.25) is 5.91 Å². The number of amides is 1. The van der Waals surface area contributed by atoms with Crippen LogP contribution in [-0.4, -0.2) is 24.5 Å². The second-order valence-corrected chi connectivity index (χ2v) is 4.91. The molecule has 2 rings (SSSR count). The average Bonchev–Trinajstić information content (AvgIpc) is 2.53. The number of aryl methyl sites for hydroxylation is 1. The quantitative estimate of drug-likeness (QED) is 0.631. The minimum atomic E-state index is -0.508. The molecule has 0 heterocycles. The zero-order chi connectivity index (χ0) is 16.8. The molecule has 0 aliphatic carbocycles. The number of carbonyl (C=O) groups excluding carboxylic acids is 1. The molecule has 23 heavy (non-hydrogen) atoms. The number of rotatable bonds is 6. The number of methoxy groups -OCH3 is 1. The van der Waals surface area contributed by atoms with Crippen LogP contribution in [-0.2, 0) is 4.79 Å². The van der Waals surface area contributed by atoms with Gasteiger partial charge < -0.3 is 15.4 Å². The van der Waals surface area contributed by atoms with E-state index in [1.165, 1.54) is 18.2 Å². The van der Waals surface area contributed by atoms with E-state index in [0.29, 0.717) is 17.1 Å². The van der Waals surface area contributed by atoms with Gasteiger partial charge in [-0.3, -0.25) is 14.9 Å². The summed E-state index contributed by atoms with van der Waals surface area (Å²) in [5, 5.41) is 16.3. The summed E-state index contributed by atoms with van der Waals surface area (Å²) in [6, 6.07) is 11.4. The van der Waals surface area contributed by atoms with Gasteiger partial charge >= 0.3 is 0 Å². The zero-order valence-electron chi connectivity index (χ0n) is 12.8. The first-order chi connectivity index (χ1) is 11.0. The van der Waals surface area contributed by atoms with Crippen molar-refractivity contribution in [1.82, 2.24) is 0 Å². The fourth-order valence-electron chi connectivity index (χ4n) is 2.04. The van der Waals surface area contributed by atoms with Gasteiger partial charge in [-0.05, 0) is 30.7 Å². The van der Waals surface area contributed by atoms with Crippen LogP contribution in [0.2, 0.25) is 0 Å². The van der Waals surface area contributed by atoms with Crippen LogP contribution >= 0.6 is 0 Å². The standard InChI is InChI=1S/C16H17N3O4/c1-11-6-7-15(23-2)14(8-11)17-10-16(20)18-12-4-3-5-13(9-12)19(21)22/h3-9,17H,10H2,1-2H3,(H,18,20). The van der Waals surface area contributed by atoms with Gasteiger partial charge in [0.15, 0.2) is 0 Å². The predicted molar refractivity (Wildman–Crippen MR) is 87.9 cm³/mol. The maximum absolute atomic E-state index is 12.0. The molecule has 7 nitrogen and oxygen atoms in total. The Hall–Kier alpha value is -3.09. The molecule has 0 unspecified atom stereocenters. The molecule has 0 bridgehead atoms. The average molecular weight is 315 g/mol. The molecule has 2 aromatic carbocycles. The molecule has 2 N–H and O–H groups in total. The lowest BCUT2D eigenvalue weighted by atomic mass is 10.2. The van der Waals surface area contributed by atoms with Gasteiger partial charge in [0, 0.05) is 17.8 Å². The van der Waals surface area contributed by atoms with Crippen LogP contribution in [0.3, 0.4) is 0 Å². The lowest BCUT2D eigenvalue weighted by Gasteiger charge is -2.12. The Bertz CT molecular complexity index is 731. The molecule has 0 aliphatic rings. The molecule has 0 aromatic heterocycles. The Morgan fingerprint density at radius 1 is 1.26 bits per heavy atom. The van der Waals surface area contributed by atoms with Crippen molar-refractivity contribution in [3.63, 3.8) is 0 Å². The number of carbonyl (C=O) groups is 1. The fraction of sp³-hybridized carbons (Fsp3) is 0.188. The van der Waals surface area contributed by atoms with Crippen molar-refractivity contribution in [2.24, 2.45) is 0 Å². The van der Waals surface area contributed by atoms with Gasteiger partial charge in [0.05, 0.1) is 24.3 Å². The normalized spacial score (nSPS) is 10.0. The number of nitrogens with zero attached hydrogens (tertiary/aromatic N) is 1. The Morgan fingerprint density at radius 3 is 2.74 bits per heavy atom. The van der Waals surface area contributed by atoms with Crippen molar-refractivity contribution in [2.45, 2.75) is 6.92 Å². The summed E-state index contributed by atoms with van der Waals surface area (Å²) < 4.78 is 5.22. The van der Waals surface area contributed by atoms with Gasteiger partial charge in [-0.25, -0.2) is 0 Å². The molecule has 0 saturated carbocycles. The largest absolute Gasteiger partial charge is 0.495 e. The van der Waals surface area contributed by atoms with Crippen molar-refractivity contribution in [1.29, 1.82) is 0 Å². The number of non-ortho nitro benzene ring substituents is 1. The molecule has 2 aromatic rings. The van der Waals surface area contributed by atoms with Crippen molar-refractivity contribution in [2.75, 3.05) is 24.3 Å². The monoisotopic (exact) mass is 315 g/mol. The molecule has 0 saturated heterocycles. The van der Waals surface area contributed by atoms with E-state index in [0.717, 1.165) is 5.56 Å². The summed E-state index contributed by atoms with van der Waals surface area (Å²) in [7, 11) is 1.55. The molecule has 0 aliphatic heterocycles. The Labute approximate surface area is 133 Å². The van der Waals surface area contributed by atoms with E-state index in [4.69, 9.17) is 4.74 Å². The first-order valence-electron chi connectivity index (χ1n) is 6.92. The molecular weight excluding hydrogens is 298 g/mol. The van der Waals surface area contributed by atoms with E-state index >= 15 is 0 Å². The number of nitro benzene ring substituents is 1. The minimum absolute atomic E-state index is 0.0164. The van der Waals surface area contributed by atoms with Crippen molar-refractivity contribution in [3.05, 3.63) is 58.1 Å². The van der Waals surface area contributed by atoms with Gasteiger partial charge in [-0.1, -0.05) is 12.1 Å². The highest BCUT2D eigenvalue weighted by Crippen LogP contribution is 2.25. The maximum atomic E-state index is 12.0.